The number of urea groups is 1. The second-order valence-corrected chi connectivity index (χ2v) is 6.59. The number of hydrogen-bond acceptors (Lipinski definition) is 2. The molecule has 20 heavy (non-hydrogen) atoms. The molecule has 1 saturated heterocycles. The molecular weight excluding hydrogens is 250 g/mol. The van der Waals surface area contributed by atoms with Gasteiger partial charge in [0.25, 0.3) is 0 Å². The number of rotatable bonds is 1. The van der Waals surface area contributed by atoms with Gasteiger partial charge in [-0.1, -0.05) is 39.0 Å². The fourth-order valence-corrected chi connectivity index (χ4v) is 3.43. The lowest BCUT2D eigenvalue weighted by atomic mass is 9.85. The van der Waals surface area contributed by atoms with Crippen LogP contribution >= 0.6 is 0 Å². The molecule has 0 bridgehead atoms. The Morgan fingerprint density at radius 3 is 2.45 bits per heavy atom. The molecule has 1 N–H and O–H groups in total. The van der Waals surface area contributed by atoms with Crippen LogP contribution in [0.15, 0.2) is 0 Å². The number of amides is 2. The van der Waals surface area contributed by atoms with Crippen LogP contribution in [0.25, 0.3) is 0 Å². The molecule has 112 valence electrons. The lowest BCUT2D eigenvalue weighted by molar-refractivity contribution is 0.158. The van der Waals surface area contributed by atoms with E-state index in [0.29, 0.717) is 5.92 Å². The molecular formula is C16H27N3O. The first-order valence-corrected chi connectivity index (χ1v) is 8.13. The van der Waals surface area contributed by atoms with Gasteiger partial charge < -0.3 is 10.2 Å². The molecule has 0 aromatic heterocycles. The van der Waals surface area contributed by atoms with Gasteiger partial charge >= 0.3 is 6.03 Å². The van der Waals surface area contributed by atoms with E-state index in [9.17, 15) is 10.1 Å². The molecule has 0 aromatic rings. The molecule has 1 heterocycles. The largest absolute Gasteiger partial charge is 0.325 e. The van der Waals surface area contributed by atoms with E-state index in [1.165, 1.54) is 25.7 Å². The highest BCUT2D eigenvalue weighted by atomic mass is 16.2. The minimum Gasteiger partial charge on any atom is -0.325 e. The van der Waals surface area contributed by atoms with E-state index < -0.39 is 5.54 Å². The first-order chi connectivity index (χ1) is 9.65. The van der Waals surface area contributed by atoms with Crippen LogP contribution in [-0.4, -0.2) is 29.6 Å². The predicted octanol–water partition coefficient (Wildman–Crippen LogP) is 3.43. The van der Waals surface area contributed by atoms with Gasteiger partial charge in [-0.25, -0.2) is 4.79 Å². The third-order valence-electron chi connectivity index (χ3n) is 4.71. The number of carbonyl (C=O) groups is 1. The standard InChI is InChI=1S/C16H27N3O/c1-14-8-7-11-19(12-14)15(20)18-16(13-17)9-5-3-2-4-6-10-16/h14H,2-12H2,1H3,(H,18,20). The molecule has 1 aliphatic carbocycles. The summed E-state index contributed by atoms with van der Waals surface area (Å²) in [5.74, 6) is 0.574. The highest BCUT2D eigenvalue weighted by Gasteiger charge is 2.34. The zero-order chi connectivity index (χ0) is 14.4. The number of piperidine rings is 1. The van der Waals surface area contributed by atoms with E-state index >= 15 is 0 Å². The Bertz CT molecular complexity index is 366. The normalized spacial score (nSPS) is 27.0. The zero-order valence-electron chi connectivity index (χ0n) is 12.7. The summed E-state index contributed by atoms with van der Waals surface area (Å²) in [4.78, 5) is 14.3. The maximum absolute atomic E-state index is 12.4. The number of carbonyl (C=O) groups excluding carboxylic acids is 1. The van der Waals surface area contributed by atoms with Crippen molar-refractivity contribution in [1.29, 1.82) is 5.26 Å². The predicted molar refractivity (Wildman–Crippen MR) is 79.2 cm³/mol. The maximum atomic E-state index is 12.4. The van der Waals surface area contributed by atoms with Gasteiger partial charge in [0, 0.05) is 13.1 Å². The summed E-state index contributed by atoms with van der Waals surface area (Å²) in [7, 11) is 0. The summed E-state index contributed by atoms with van der Waals surface area (Å²) in [6.45, 7) is 3.85. The van der Waals surface area contributed by atoms with Crippen LogP contribution < -0.4 is 5.32 Å². The molecule has 0 aromatic carbocycles. The second-order valence-electron chi connectivity index (χ2n) is 6.59. The molecule has 0 radical (unpaired) electrons. The Morgan fingerprint density at radius 2 is 1.85 bits per heavy atom. The third-order valence-corrected chi connectivity index (χ3v) is 4.71. The van der Waals surface area contributed by atoms with Gasteiger partial charge in [0.1, 0.15) is 5.54 Å². The number of hydrogen-bond donors (Lipinski definition) is 1. The molecule has 4 heteroatoms. The van der Waals surface area contributed by atoms with Crippen LogP contribution in [0, 0.1) is 17.2 Å². The fraction of sp³-hybridized carbons (Fsp3) is 0.875. The summed E-state index contributed by atoms with van der Waals surface area (Å²) in [5.41, 5.74) is -0.627. The van der Waals surface area contributed by atoms with Gasteiger partial charge in [-0.15, -0.1) is 0 Å². The number of nitrogens with one attached hydrogen (secondary N) is 1. The van der Waals surface area contributed by atoms with Crippen LogP contribution in [-0.2, 0) is 0 Å². The Hall–Kier alpha value is -1.24. The van der Waals surface area contributed by atoms with Crippen LogP contribution in [0.1, 0.15) is 64.7 Å². The van der Waals surface area contributed by atoms with Crippen molar-refractivity contribution < 1.29 is 4.79 Å². The summed E-state index contributed by atoms with van der Waals surface area (Å²) >= 11 is 0. The van der Waals surface area contributed by atoms with Gasteiger partial charge in [-0.3, -0.25) is 0 Å². The van der Waals surface area contributed by atoms with Crippen molar-refractivity contribution in [2.24, 2.45) is 5.92 Å². The Kier molecular flexibility index (Phi) is 5.28. The van der Waals surface area contributed by atoms with E-state index in [2.05, 4.69) is 18.3 Å². The molecule has 4 nitrogen and oxygen atoms in total. The van der Waals surface area contributed by atoms with E-state index in [1.54, 1.807) is 0 Å². The average molecular weight is 277 g/mol. The van der Waals surface area contributed by atoms with Gasteiger partial charge in [0.15, 0.2) is 0 Å². The van der Waals surface area contributed by atoms with Crippen molar-refractivity contribution in [3.8, 4) is 6.07 Å². The van der Waals surface area contributed by atoms with Crippen molar-refractivity contribution in [3.05, 3.63) is 0 Å². The van der Waals surface area contributed by atoms with Crippen molar-refractivity contribution >= 4 is 6.03 Å². The van der Waals surface area contributed by atoms with E-state index in [4.69, 9.17) is 0 Å². The zero-order valence-corrected chi connectivity index (χ0v) is 12.7. The van der Waals surface area contributed by atoms with E-state index in [-0.39, 0.29) is 6.03 Å². The van der Waals surface area contributed by atoms with Crippen molar-refractivity contribution in [2.75, 3.05) is 13.1 Å². The number of likely N-dealkylation sites (tertiary alicyclic amines) is 1. The molecule has 2 aliphatic rings. The fourth-order valence-electron chi connectivity index (χ4n) is 3.43. The van der Waals surface area contributed by atoms with Crippen LogP contribution in [0.2, 0.25) is 0 Å². The number of nitrogens with zero attached hydrogens (tertiary/aromatic N) is 2. The summed E-state index contributed by atoms with van der Waals surface area (Å²) in [5, 5.41) is 12.6. The topological polar surface area (TPSA) is 56.1 Å². The first-order valence-electron chi connectivity index (χ1n) is 8.13. The van der Waals surface area contributed by atoms with Crippen molar-refractivity contribution in [2.45, 2.75) is 70.3 Å². The molecule has 1 atom stereocenters. The van der Waals surface area contributed by atoms with E-state index in [1.807, 2.05) is 4.90 Å². The minimum absolute atomic E-state index is 0.0290. The summed E-state index contributed by atoms with van der Waals surface area (Å²) in [6, 6.07) is 2.38. The minimum atomic E-state index is -0.627. The van der Waals surface area contributed by atoms with E-state index in [0.717, 1.165) is 45.2 Å². The summed E-state index contributed by atoms with van der Waals surface area (Å²) in [6.07, 6.45) is 9.60. The lowest BCUT2D eigenvalue weighted by Crippen LogP contribution is -2.54. The molecule has 1 saturated carbocycles. The maximum Gasteiger partial charge on any atom is 0.318 e. The Balaban J connectivity index is 1.97. The molecule has 2 amide bonds. The highest BCUT2D eigenvalue weighted by molar-refractivity contribution is 5.75. The van der Waals surface area contributed by atoms with Crippen LogP contribution in [0.5, 0.6) is 0 Å². The Morgan fingerprint density at radius 1 is 1.20 bits per heavy atom. The highest BCUT2D eigenvalue weighted by Crippen LogP contribution is 2.26. The smallest absolute Gasteiger partial charge is 0.318 e. The van der Waals surface area contributed by atoms with Crippen molar-refractivity contribution in [1.82, 2.24) is 10.2 Å². The van der Waals surface area contributed by atoms with Gasteiger partial charge in [0.05, 0.1) is 6.07 Å². The molecule has 1 unspecified atom stereocenters. The van der Waals surface area contributed by atoms with Gasteiger partial charge in [-0.2, -0.15) is 5.26 Å². The SMILES string of the molecule is CC1CCCN(C(=O)NC2(C#N)CCCCCCC2)C1. The average Bonchev–Trinajstić information content (AvgIpc) is 2.42. The molecule has 2 rings (SSSR count). The second kappa shape index (κ2) is 6.97. The molecule has 0 spiro atoms. The molecule has 2 fully saturated rings. The molecule has 1 aliphatic heterocycles. The lowest BCUT2D eigenvalue weighted by Gasteiger charge is -2.36. The summed E-state index contributed by atoms with van der Waals surface area (Å²) < 4.78 is 0. The third kappa shape index (κ3) is 3.88. The van der Waals surface area contributed by atoms with Crippen molar-refractivity contribution in [3.63, 3.8) is 0 Å². The van der Waals surface area contributed by atoms with Gasteiger partial charge in [-0.05, 0) is 31.6 Å². The van der Waals surface area contributed by atoms with Crippen LogP contribution in [0.3, 0.4) is 0 Å². The van der Waals surface area contributed by atoms with Crippen LogP contribution in [0.4, 0.5) is 4.79 Å². The first kappa shape index (κ1) is 15.2. The Labute approximate surface area is 122 Å². The number of nitriles is 1. The quantitative estimate of drug-likeness (QED) is 0.798. The van der Waals surface area contributed by atoms with Gasteiger partial charge in [0.2, 0.25) is 0 Å². The monoisotopic (exact) mass is 277 g/mol.